The third-order valence-corrected chi connectivity index (χ3v) is 8.88. The van der Waals surface area contributed by atoms with E-state index in [9.17, 15) is 20.1 Å². The van der Waals surface area contributed by atoms with Gasteiger partial charge in [-0.25, -0.2) is 0 Å². The van der Waals surface area contributed by atoms with E-state index < -0.39 is 24.2 Å². The molecule has 5 nitrogen and oxygen atoms in total. The Morgan fingerprint density at radius 2 is 0.884 bits per heavy atom. The quantitative estimate of drug-likeness (QED) is 0.0432. The number of allylic oxidation sites excluding steroid dienone is 2. The largest absolute Gasteiger partial charge is 0.394 e. The van der Waals surface area contributed by atoms with E-state index >= 15 is 0 Å². The number of aliphatic hydroxyl groups is 3. The van der Waals surface area contributed by atoms with Crippen molar-refractivity contribution in [3.8, 4) is 0 Å². The lowest BCUT2D eigenvalue weighted by Gasteiger charge is -2.23. The van der Waals surface area contributed by atoms with Crippen molar-refractivity contribution in [2.45, 2.75) is 218 Å². The van der Waals surface area contributed by atoms with Crippen LogP contribution in [0, 0.1) is 0 Å². The van der Waals surface area contributed by atoms with Crippen molar-refractivity contribution < 1.29 is 20.1 Å². The van der Waals surface area contributed by atoms with Crippen LogP contribution >= 0.6 is 0 Å². The Kier molecular flexibility index (Phi) is 33.3. The third-order valence-electron chi connectivity index (χ3n) is 8.88. The average Bonchev–Trinajstić information content (AvgIpc) is 3.01. The first-order valence-corrected chi connectivity index (χ1v) is 19.0. The second kappa shape index (κ2) is 34.0. The van der Waals surface area contributed by atoms with Crippen LogP contribution in [0.5, 0.6) is 0 Å². The number of hydrogen-bond acceptors (Lipinski definition) is 4. The first-order chi connectivity index (χ1) is 21.1. The monoisotopic (exact) mass is 610 g/mol. The van der Waals surface area contributed by atoms with Gasteiger partial charge in [-0.3, -0.25) is 4.79 Å². The van der Waals surface area contributed by atoms with Crippen molar-refractivity contribution in [3.63, 3.8) is 0 Å². The molecule has 0 heterocycles. The summed E-state index contributed by atoms with van der Waals surface area (Å²) in [6.07, 6.45) is 37.7. The topological polar surface area (TPSA) is 89.8 Å². The predicted molar refractivity (Wildman–Crippen MR) is 185 cm³/mol. The summed E-state index contributed by atoms with van der Waals surface area (Å²) < 4.78 is 0. The van der Waals surface area contributed by atoms with Crippen LogP contribution in [0.25, 0.3) is 0 Å². The fourth-order valence-corrected chi connectivity index (χ4v) is 5.83. The van der Waals surface area contributed by atoms with Gasteiger partial charge in [-0.05, 0) is 38.5 Å². The first kappa shape index (κ1) is 42.1. The molecule has 0 aliphatic rings. The standard InChI is InChI=1S/C38H75NO4/c1-3-5-7-9-11-13-15-17-18-19-21-23-25-27-29-31-33-37(42)38(43)39-35(34-40)36(41)32-30-28-26-24-22-20-16-14-12-10-8-6-4-2/h22,24,35-37,40-42H,3-21,23,25-34H2,1-2H3,(H,39,43)/b24-22-/t35-,36+,37+/m0/s1. The van der Waals surface area contributed by atoms with Crippen LogP contribution in [0.1, 0.15) is 200 Å². The number of unbranched alkanes of at least 4 members (excludes halogenated alkanes) is 24. The molecule has 0 aliphatic heterocycles. The van der Waals surface area contributed by atoms with Gasteiger partial charge in [-0.15, -0.1) is 0 Å². The number of rotatable bonds is 34. The Morgan fingerprint density at radius 1 is 0.535 bits per heavy atom. The zero-order valence-corrected chi connectivity index (χ0v) is 28.8. The van der Waals surface area contributed by atoms with Gasteiger partial charge in [0.25, 0.3) is 0 Å². The second-order valence-electron chi connectivity index (χ2n) is 13.1. The third kappa shape index (κ3) is 29.6. The van der Waals surface area contributed by atoms with Gasteiger partial charge in [0.15, 0.2) is 0 Å². The summed E-state index contributed by atoms with van der Waals surface area (Å²) in [4.78, 5) is 12.4. The van der Waals surface area contributed by atoms with E-state index in [2.05, 4.69) is 31.3 Å². The Hall–Kier alpha value is -0.910. The van der Waals surface area contributed by atoms with E-state index in [1.807, 2.05) is 0 Å². The molecule has 256 valence electrons. The molecule has 0 aliphatic carbocycles. The minimum Gasteiger partial charge on any atom is -0.394 e. The molecule has 0 rings (SSSR count). The molecule has 0 radical (unpaired) electrons. The fourth-order valence-electron chi connectivity index (χ4n) is 5.83. The van der Waals surface area contributed by atoms with E-state index in [0.29, 0.717) is 12.8 Å². The number of amides is 1. The highest BCUT2D eigenvalue weighted by atomic mass is 16.3. The zero-order valence-electron chi connectivity index (χ0n) is 28.8. The van der Waals surface area contributed by atoms with Gasteiger partial charge in [-0.2, -0.15) is 0 Å². The lowest BCUT2D eigenvalue weighted by Crippen LogP contribution is -2.49. The molecule has 0 fully saturated rings. The summed E-state index contributed by atoms with van der Waals surface area (Å²) in [5.74, 6) is -0.479. The van der Waals surface area contributed by atoms with Crippen LogP contribution in [0.4, 0.5) is 0 Å². The SMILES string of the molecule is CCCCCCCCC/C=C\CCCC[C@@H](O)[C@H](CO)NC(=O)[C@H](O)CCCCCCCCCCCCCCCCCC. The van der Waals surface area contributed by atoms with E-state index in [1.54, 1.807) is 0 Å². The normalized spacial score (nSPS) is 13.9. The van der Waals surface area contributed by atoms with E-state index in [1.165, 1.54) is 128 Å². The highest BCUT2D eigenvalue weighted by Crippen LogP contribution is 2.15. The van der Waals surface area contributed by atoms with Crippen molar-refractivity contribution in [2.75, 3.05) is 6.61 Å². The second-order valence-corrected chi connectivity index (χ2v) is 13.1. The molecule has 43 heavy (non-hydrogen) atoms. The molecule has 0 saturated carbocycles. The molecule has 5 heteroatoms. The van der Waals surface area contributed by atoms with Crippen LogP contribution in [0.2, 0.25) is 0 Å². The summed E-state index contributed by atoms with van der Waals surface area (Å²) in [5, 5.41) is 33.1. The summed E-state index contributed by atoms with van der Waals surface area (Å²) >= 11 is 0. The van der Waals surface area contributed by atoms with Crippen LogP contribution in [-0.2, 0) is 4.79 Å². The van der Waals surface area contributed by atoms with E-state index in [-0.39, 0.29) is 6.61 Å². The lowest BCUT2D eigenvalue weighted by molar-refractivity contribution is -0.131. The number of aliphatic hydroxyl groups excluding tert-OH is 3. The van der Waals surface area contributed by atoms with Gasteiger partial charge >= 0.3 is 0 Å². The van der Waals surface area contributed by atoms with Gasteiger partial charge in [0, 0.05) is 0 Å². The van der Waals surface area contributed by atoms with Crippen molar-refractivity contribution in [1.29, 1.82) is 0 Å². The van der Waals surface area contributed by atoms with Crippen LogP contribution in [-0.4, -0.2) is 46.1 Å². The molecule has 0 unspecified atom stereocenters. The van der Waals surface area contributed by atoms with Gasteiger partial charge in [0.1, 0.15) is 6.10 Å². The molecule has 3 atom stereocenters. The minimum absolute atomic E-state index is 0.322. The molecular weight excluding hydrogens is 534 g/mol. The number of hydrogen-bond donors (Lipinski definition) is 4. The van der Waals surface area contributed by atoms with Gasteiger partial charge in [-0.1, -0.05) is 174 Å². The zero-order chi connectivity index (χ0) is 31.6. The average molecular weight is 610 g/mol. The van der Waals surface area contributed by atoms with Crippen molar-refractivity contribution in [3.05, 3.63) is 12.2 Å². The minimum atomic E-state index is -1.07. The van der Waals surface area contributed by atoms with Crippen molar-refractivity contribution >= 4 is 5.91 Å². The number of nitrogens with one attached hydrogen (secondary N) is 1. The molecular formula is C38H75NO4. The first-order valence-electron chi connectivity index (χ1n) is 19.0. The van der Waals surface area contributed by atoms with Gasteiger partial charge in [0.05, 0.1) is 18.8 Å². The maximum atomic E-state index is 12.4. The van der Waals surface area contributed by atoms with Gasteiger partial charge < -0.3 is 20.6 Å². The summed E-state index contributed by atoms with van der Waals surface area (Å²) in [7, 11) is 0. The molecule has 1 amide bonds. The predicted octanol–water partition coefficient (Wildman–Crippen LogP) is 10.1. The maximum Gasteiger partial charge on any atom is 0.249 e. The Balaban J connectivity index is 3.69. The number of carbonyl (C=O) groups is 1. The molecule has 4 N–H and O–H groups in total. The molecule has 0 aromatic heterocycles. The highest BCUT2D eigenvalue weighted by molar-refractivity contribution is 5.80. The summed E-state index contributed by atoms with van der Waals surface area (Å²) in [5.41, 5.74) is 0. The van der Waals surface area contributed by atoms with Crippen LogP contribution in [0.3, 0.4) is 0 Å². The molecule has 0 aromatic rings. The van der Waals surface area contributed by atoms with Crippen molar-refractivity contribution in [1.82, 2.24) is 5.32 Å². The smallest absolute Gasteiger partial charge is 0.249 e. The van der Waals surface area contributed by atoms with Crippen LogP contribution in [0.15, 0.2) is 12.2 Å². The van der Waals surface area contributed by atoms with E-state index in [4.69, 9.17) is 0 Å². The molecule has 0 spiro atoms. The Bertz CT molecular complexity index is 596. The fraction of sp³-hybridized carbons (Fsp3) is 0.921. The van der Waals surface area contributed by atoms with Gasteiger partial charge in [0.2, 0.25) is 5.91 Å². The molecule has 0 saturated heterocycles. The Labute approximate surface area is 268 Å². The van der Waals surface area contributed by atoms with Crippen LogP contribution < -0.4 is 5.32 Å². The molecule has 0 aromatic carbocycles. The maximum absolute atomic E-state index is 12.4. The highest BCUT2D eigenvalue weighted by Gasteiger charge is 2.23. The lowest BCUT2D eigenvalue weighted by atomic mass is 10.0. The van der Waals surface area contributed by atoms with Crippen molar-refractivity contribution in [2.24, 2.45) is 0 Å². The Morgan fingerprint density at radius 3 is 1.30 bits per heavy atom. The summed E-state index contributed by atoms with van der Waals surface area (Å²) in [6, 6.07) is -0.721. The summed E-state index contributed by atoms with van der Waals surface area (Å²) in [6.45, 7) is 4.20. The molecule has 0 bridgehead atoms. The number of carbonyl (C=O) groups excluding carboxylic acids is 1. The van der Waals surface area contributed by atoms with E-state index in [0.717, 1.165) is 44.9 Å².